The van der Waals surface area contributed by atoms with Crippen molar-refractivity contribution in [2.75, 3.05) is 19.8 Å². The van der Waals surface area contributed by atoms with Gasteiger partial charge in [-0.3, -0.25) is 23.9 Å². The Kier molecular flexibility index (Phi) is 14.9. The molecule has 70 heavy (non-hydrogen) atoms. The molecule has 3 aromatic rings. The summed E-state index contributed by atoms with van der Waals surface area (Å²) < 4.78 is 101. The van der Waals surface area contributed by atoms with Gasteiger partial charge in [-0.15, -0.1) is 11.3 Å². The number of hydrogen-bond donors (Lipinski definition) is 1. The zero-order valence-electron chi connectivity index (χ0n) is 40.0. The number of ketones is 1. The van der Waals surface area contributed by atoms with Gasteiger partial charge in [0.1, 0.15) is 17.6 Å². The van der Waals surface area contributed by atoms with Crippen LogP contribution in [-0.2, 0) is 43.4 Å². The number of carbonyl (C=O) groups is 4. The van der Waals surface area contributed by atoms with E-state index in [0.717, 1.165) is 5.56 Å². The number of halogens is 3. The van der Waals surface area contributed by atoms with Crippen molar-refractivity contribution >= 4 is 44.9 Å². The Balaban J connectivity index is 1.15. The third kappa shape index (κ3) is 11.1. The molecule has 0 spiro atoms. The van der Waals surface area contributed by atoms with Crippen LogP contribution >= 0.6 is 11.3 Å². The third-order valence-corrected chi connectivity index (χ3v) is 17.0. The van der Waals surface area contributed by atoms with Crippen molar-refractivity contribution in [2.45, 2.75) is 152 Å². The molecular weight excluding hydrogens is 954 g/mol. The van der Waals surface area contributed by atoms with Gasteiger partial charge >= 0.3 is 12.1 Å². The topological polar surface area (TPSA) is 190 Å². The number of rotatable bonds is 13. The van der Waals surface area contributed by atoms with Gasteiger partial charge in [0.2, 0.25) is 27.4 Å². The first-order valence-corrected chi connectivity index (χ1v) is 26.5. The number of alkyl halides is 3. The molecule has 5 aliphatic rings. The van der Waals surface area contributed by atoms with Crippen LogP contribution in [0.3, 0.4) is 0 Å². The van der Waals surface area contributed by atoms with Gasteiger partial charge in [0.15, 0.2) is 5.78 Å². The van der Waals surface area contributed by atoms with Crippen molar-refractivity contribution in [2.24, 2.45) is 17.3 Å². The third-order valence-electron chi connectivity index (χ3n) is 14.2. The number of benzene rings is 1. The van der Waals surface area contributed by atoms with Gasteiger partial charge in [-0.05, 0) is 103 Å². The lowest BCUT2D eigenvalue weighted by Crippen LogP contribution is -2.55. The van der Waals surface area contributed by atoms with Crippen LogP contribution in [0.2, 0.25) is 0 Å². The molecule has 5 heterocycles. The van der Waals surface area contributed by atoms with Crippen molar-refractivity contribution in [3.05, 3.63) is 59.4 Å². The number of hydrogen-bond acceptors (Lipinski definition) is 14. The van der Waals surface area contributed by atoms with E-state index in [2.05, 4.69) is 9.71 Å². The first-order valence-electron chi connectivity index (χ1n) is 24.1. The second-order valence-corrected chi connectivity index (χ2v) is 22.9. The van der Waals surface area contributed by atoms with E-state index in [0.29, 0.717) is 54.3 Å². The fraction of sp³-hybridized carbons (Fsp3) is 0.600. The summed E-state index contributed by atoms with van der Waals surface area (Å²) in [7, 11) is -4.08. The quantitative estimate of drug-likeness (QED) is 0.128. The zero-order chi connectivity index (χ0) is 50.2. The summed E-state index contributed by atoms with van der Waals surface area (Å²) >= 11 is 1.38. The van der Waals surface area contributed by atoms with E-state index in [-0.39, 0.29) is 44.9 Å². The zero-order valence-corrected chi connectivity index (χ0v) is 41.6. The van der Waals surface area contributed by atoms with Gasteiger partial charge in [-0.1, -0.05) is 19.1 Å². The number of nitrogens with one attached hydrogen (secondary N) is 1. The lowest BCUT2D eigenvalue weighted by Gasteiger charge is -2.38. The summed E-state index contributed by atoms with van der Waals surface area (Å²) in [6.07, 6.45) is -3.52. The van der Waals surface area contributed by atoms with E-state index < -0.39 is 118 Å². The van der Waals surface area contributed by atoms with Gasteiger partial charge in [0.05, 0.1) is 82.6 Å². The van der Waals surface area contributed by atoms with Crippen LogP contribution in [-0.4, -0.2) is 114 Å². The largest absolute Gasteiger partial charge is 0.491 e. The highest BCUT2D eigenvalue weighted by atomic mass is 32.2. The average molecular weight is 1020 g/mol. The number of allylic oxidation sites excluding steroid dienone is 2. The Hall–Kier alpha value is -4.92. The maximum atomic E-state index is 15.3. The monoisotopic (exact) mass is 1010 g/mol. The summed E-state index contributed by atoms with van der Waals surface area (Å²) in [4.78, 5) is 69.0. The molecule has 4 fully saturated rings. The number of sulfonamides is 1. The molecule has 2 saturated heterocycles. The molecule has 2 aromatic heterocycles. The van der Waals surface area contributed by atoms with E-state index in [9.17, 15) is 36.0 Å². The Morgan fingerprint density at radius 1 is 1.06 bits per heavy atom. The summed E-state index contributed by atoms with van der Waals surface area (Å²) in [6.45, 7) is 7.90. The van der Waals surface area contributed by atoms with Gasteiger partial charge in [-0.2, -0.15) is 13.2 Å². The minimum atomic E-state index is -4.97. The van der Waals surface area contributed by atoms with Crippen LogP contribution in [0.5, 0.6) is 11.5 Å². The van der Waals surface area contributed by atoms with E-state index >= 15 is 4.79 Å². The number of pyridine rings is 1. The number of carbonyl (C=O) groups excluding carboxylic acids is 4. The molecule has 8 atom stereocenters. The van der Waals surface area contributed by atoms with E-state index in [1.165, 1.54) is 16.2 Å². The van der Waals surface area contributed by atoms with Crippen molar-refractivity contribution in [1.29, 1.82) is 0 Å². The standard InChI is InChI=1S/C50H61F3N4O11S2/c1-6-43-37(23-44(59)68-49(50(51,52)53)16-9-19-64-28-49)45(60)57-26-36(67-35-20-38(55-39(21-35)40-27-69-29-54-40)32-12-14-34(15-13-32)65-30(2)3)22-41(57)42(58)25-48(24-33(48)11-8-7-10-31(4)66-43)46(61)56-70(62,63)47(5)17-18-47/h8,11-15,20-21,27,29-31,33,36-37,41,43H,6-7,9-10,16-19,22-26,28H2,1-5H3,(H,56,61)/b11-8-/t31-,33-,36-,37+,41+,43+,48-,49?/m1/s1. The molecular formula is C50H61F3N4O11S2. The normalized spacial score (nSPS) is 29.8. The average Bonchev–Trinajstić information content (AvgIpc) is 4.06. The summed E-state index contributed by atoms with van der Waals surface area (Å²) in [6, 6.07) is 9.53. The Bertz CT molecular complexity index is 2550. The fourth-order valence-electron chi connectivity index (χ4n) is 9.74. The lowest BCUT2D eigenvalue weighted by atomic mass is 9.90. The molecule has 1 aromatic carbocycles. The molecule has 1 N–H and O–H groups in total. The molecule has 3 aliphatic heterocycles. The number of nitrogens with zero attached hydrogens (tertiary/aromatic N) is 3. The van der Waals surface area contributed by atoms with Crippen LogP contribution in [0.4, 0.5) is 13.2 Å². The van der Waals surface area contributed by atoms with Gasteiger partial charge < -0.3 is 28.6 Å². The van der Waals surface area contributed by atoms with Crippen LogP contribution in [0.25, 0.3) is 22.6 Å². The Morgan fingerprint density at radius 2 is 1.80 bits per heavy atom. The lowest BCUT2D eigenvalue weighted by molar-refractivity contribution is -0.295. The second-order valence-electron chi connectivity index (χ2n) is 19.9. The molecule has 20 heteroatoms. The molecule has 1 unspecified atom stereocenters. The number of aromatic nitrogens is 2. The number of fused-ring (bicyclic) bond motifs is 2. The van der Waals surface area contributed by atoms with Crippen molar-refractivity contribution in [1.82, 2.24) is 19.6 Å². The summed E-state index contributed by atoms with van der Waals surface area (Å²) in [5.41, 5.74) is -0.351. The number of amides is 2. The summed E-state index contributed by atoms with van der Waals surface area (Å²) in [5.74, 6) is -4.26. The minimum absolute atomic E-state index is 0.00381. The highest BCUT2D eigenvalue weighted by molar-refractivity contribution is 7.91. The van der Waals surface area contributed by atoms with Gasteiger partial charge in [0, 0.05) is 48.9 Å². The predicted octanol–water partition coefficient (Wildman–Crippen LogP) is 8.17. The van der Waals surface area contributed by atoms with E-state index in [4.69, 9.17) is 28.7 Å². The molecule has 15 nitrogen and oxygen atoms in total. The first-order chi connectivity index (χ1) is 33.1. The SMILES string of the molecule is CC[C@@H]1O[C@H](C)CC/C=C\[C@@H]2C[C@@]2(C(=O)NS(=O)(=O)C2(C)CC2)CC(=O)[C@@H]2C[C@@H](Oc3cc(-c4ccc(OC(C)C)cc4)nc(-c4cscn4)c3)CN2C(=O)[C@H]1CC(=O)OC1(C(F)(F)F)CCCOC1. The van der Waals surface area contributed by atoms with Gasteiger partial charge in [0.25, 0.3) is 0 Å². The molecule has 0 bridgehead atoms. The van der Waals surface area contributed by atoms with Crippen molar-refractivity contribution in [3.8, 4) is 34.1 Å². The number of esters is 1. The summed E-state index contributed by atoms with van der Waals surface area (Å²) in [5, 5.41) is 1.83. The maximum absolute atomic E-state index is 15.3. The Labute approximate surface area is 410 Å². The second kappa shape index (κ2) is 20.3. The molecule has 2 aliphatic carbocycles. The van der Waals surface area contributed by atoms with Crippen LogP contribution in [0.1, 0.15) is 105 Å². The smallest absolute Gasteiger partial charge is 0.430 e. The van der Waals surface area contributed by atoms with Crippen LogP contribution < -0.4 is 14.2 Å². The first kappa shape index (κ1) is 51.4. The van der Waals surface area contributed by atoms with Crippen molar-refractivity contribution < 1.29 is 64.5 Å². The van der Waals surface area contributed by atoms with Gasteiger partial charge in [-0.25, -0.2) is 18.4 Å². The number of ether oxygens (including phenoxy) is 5. The molecule has 2 amide bonds. The molecule has 380 valence electrons. The van der Waals surface area contributed by atoms with E-state index in [1.807, 2.05) is 55.6 Å². The van der Waals surface area contributed by atoms with Crippen LogP contribution in [0, 0.1) is 17.3 Å². The van der Waals surface area contributed by atoms with Crippen LogP contribution in [0.15, 0.2) is 59.4 Å². The van der Waals surface area contributed by atoms with Crippen molar-refractivity contribution in [3.63, 3.8) is 0 Å². The molecule has 2 saturated carbocycles. The molecule has 0 radical (unpaired) electrons. The number of Topliss-reactive ketones (excluding diaryl/α,β-unsaturated/α-hetero) is 1. The maximum Gasteiger partial charge on any atom is 0.430 e. The highest BCUT2D eigenvalue weighted by Crippen LogP contribution is 2.58. The number of thiazole rings is 1. The van der Waals surface area contributed by atoms with E-state index in [1.54, 1.807) is 38.4 Å². The fourth-order valence-corrected chi connectivity index (χ4v) is 11.6. The minimum Gasteiger partial charge on any atom is -0.491 e. The molecule has 8 rings (SSSR count). The Morgan fingerprint density at radius 3 is 2.44 bits per heavy atom. The highest BCUT2D eigenvalue weighted by Gasteiger charge is 2.63. The predicted molar refractivity (Wildman–Crippen MR) is 252 cm³/mol.